The van der Waals surface area contributed by atoms with Crippen molar-refractivity contribution in [2.45, 2.75) is 26.3 Å². The van der Waals surface area contributed by atoms with Gasteiger partial charge in [0.25, 0.3) is 0 Å². The molecule has 3 nitrogen and oxygen atoms in total. The van der Waals surface area contributed by atoms with Crippen LogP contribution in [0, 0.1) is 0 Å². The summed E-state index contributed by atoms with van der Waals surface area (Å²) in [6.45, 7) is 3.50. The molecule has 0 amide bonds. The lowest BCUT2D eigenvalue weighted by molar-refractivity contribution is 0.174. The molecule has 0 saturated heterocycles. The van der Waals surface area contributed by atoms with Crippen molar-refractivity contribution in [2.24, 2.45) is 0 Å². The van der Waals surface area contributed by atoms with Crippen LogP contribution in [0.25, 0.3) is 5.57 Å². The van der Waals surface area contributed by atoms with Crippen molar-refractivity contribution in [3.05, 3.63) is 29.5 Å². The summed E-state index contributed by atoms with van der Waals surface area (Å²) < 4.78 is 10.9. The van der Waals surface area contributed by atoms with Gasteiger partial charge in [-0.25, -0.2) is 0 Å². The molecule has 3 heteroatoms. The highest BCUT2D eigenvalue weighted by atomic mass is 16.7. The van der Waals surface area contributed by atoms with Crippen molar-refractivity contribution in [2.75, 3.05) is 13.8 Å². The zero-order valence-corrected chi connectivity index (χ0v) is 10.3. The molecule has 0 saturated carbocycles. The van der Waals surface area contributed by atoms with E-state index in [0.29, 0.717) is 6.79 Å². The lowest BCUT2D eigenvalue weighted by atomic mass is 9.93. The summed E-state index contributed by atoms with van der Waals surface area (Å²) in [5.74, 6) is 1.77. The average Bonchev–Trinajstić information content (AvgIpc) is 2.73. The van der Waals surface area contributed by atoms with Gasteiger partial charge in [0.2, 0.25) is 6.79 Å². The first-order valence-electron chi connectivity index (χ1n) is 6.11. The SMILES string of the molecule is CCCC1=CN(C)Cc2cc3c(cc21)OCO3. The zero-order chi connectivity index (χ0) is 11.8. The fourth-order valence-electron chi connectivity index (χ4n) is 2.53. The molecule has 1 aromatic carbocycles. The number of nitrogens with zero attached hydrogens (tertiary/aromatic N) is 1. The Kier molecular flexibility index (Phi) is 2.46. The Balaban J connectivity index is 2.07. The van der Waals surface area contributed by atoms with Gasteiger partial charge in [0, 0.05) is 19.8 Å². The van der Waals surface area contributed by atoms with Gasteiger partial charge in [0.1, 0.15) is 0 Å². The summed E-state index contributed by atoms with van der Waals surface area (Å²) in [4.78, 5) is 2.23. The topological polar surface area (TPSA) is 21.7 Å². The predicted molar refractivity (Wildman–Crippen MR) is 66.9 cm³/mol. The number of ether oxygens (including phenoxy) is 2. The third kappa shape index (κ3) is 1.75. The van der Waals surface area contributed by atoms with Crippen LogP contribution in [0.4, 0.5) is 0 Å². The Morgan fingerprint density at radius 2 is 2.00 bits per heavy atom. The minimum Gasteiger partial charge on any atom is -0.454 e. The normalized spacial score (nSPS) is 16.8. The Morgan fingerprint density at radius 3 is 2.76 bits per heavy atom. The van der Waals surface area contributed by atoms with Gasteiger partial charge >= 0.3 is 0 Å². The van der Waals surface area contributed by atoms with Crippen molar-refractivity contribution in [3.63, 3.8) is 0 Å². The van der Waals surface area contributed by atoms with Crippen molar-refractivity contribution >= 4 is 5.57 Å². The van der Waals surface area contributed by atoms with Gasteiger partial charge in [0.15, 0.2) is 11.5 Å². The molecule has 0 spiro atoms. The number of allylic oxidation sites excluding steroid dienone is 1. The molecule has 0 bridgehead atoms. The first-order valence-corrected chi connectivity index (χ1v) is 6.11. The molecule has 0 N–H and O–H groups in total. The molecule has 17 heavy (non-hydrogen) atoms. The molecular formula is C14H17NO2. The minimum absolute atomic E-state index is 0.348. The first-order chi connectivity index (χ1) is 8.28. The van der Waals surface area contributed by atoms with Gasteiger partial charge in [0.05, 0.1) is 0 Å². The maximum Gasteiger partial charge on any atom is 0.231 e. The Morgan fingerprint density at radius 1 is 1.24 bits per heavy atom. The van der Waals surface area contributed by atoms with Crippen LogP contribution in [-0.4, -0.2) is 18.7 Å². The van der Waals surface area contributed by atoms with Crippen LogP contribution in [0.1, 0.15) is 30.9 Å². The van der Waals surface area contributed by atoms with Crippen LogP contribution >= 0.6 is 0 Å². The van der Waals surface area contributed by atoms with E-state index in [9.17, 15) is 0 Å². The number of benzene rings is 1. The zero-order valence-electron chi connectivity index (χ0n) is 10.3. The second-order valence-electron chi connectivity index (χ2n) is 4.68. The summed E-state index contributed by atoms with van der Waals surface area (Å²) in [7, 11) is 2.11. The third-order valence-electron chi connectivity index (χ3n) is 3.26. The lowest BCUT2D eigenvalue weighted by Gasteiger charge is -2.26. The van der Waals surface area contributed by atoms with Crippen LogP contribution in [0.2, 0.25) is 0 Å². The molecule has 0 radical (unpaired) electrons. The van der Waals surface area contributed by atoms with E-state index in [2.05, 4.69) is 37.2 Å². The fourth-order valence-corrected chi connectivity index (χ4v) is 2.53. The van der Waals surface area contributed by atoms with E-state index in [-0.39, 0.29) is 0 Å². The highest BCUT2D eigenvalue weighted by Gasteiger charge is 2.21. The predicted octanol–water partition coefficient (Wildman–Crippen LogP) is 3.00. The van der Waals surface area contributed by atoms with Crippen molar-refractivity contribution in [1.82, 2.24) is 4.90 Å². The average molecular weight is 231 g/mol. The van der Waals surface area contributed by atoms with E-state index in [4.69, 9.17) is 9.47 Å². The third-order valence-corrected chi connectivity index (χ3v) is 3.26. The summed E-state index contributed by atoms with van der Waals surface area (Å²) >= 11 is 0. The van der Waals surface area contributed by atoms with E-state index in [0.717, 1.165) is 30.9 Å². The highest BCUT2D eigenvalue weighted by molar-refractivity contribution is 5.72. The molecule has 0 aromatic heterocycles. The maximum atomic E-state index is 5.45. The summed E-state index contributed by atoms with van der Waals surface area (Å²) in [6, 6.07) is 4.25. The highest BCUT2D eigenvalue weighted by Crippen LogP contribution is 2.40. The van der Waals surface area contributed by atoms with E-state index in [1.54, 1.807) is 0 Å². The van der Waals surface area contributed by atoms with Gasteiger partial charge in [-0.15, -0.1) is 0 Å². The van der Waals surface area contributed by atoms with Crippen molar-refractivity contribution in [1.29, 1.82) is 0 Å². The molecule has 1 aromatic rings. The molecular weight excluding hydrogens is 214 g/mol. The Hall–Kier alpha value is -1.64. The first kappa shape index (κ1) is 10.5. The molecule has 0 aliphatic carbocycles. The summed E-state index contributed by atoms with van der Waals surface area (Å²) in [5.41, 5.74) is 4.06. The monoisotopic (exact) mass is 231 g/mol. The molecule has 3 rings (SSSR count). The van der Waals surface area contributed by atoms with Crippen LogP contribution in [0.5, 0.6) is 11.5 Å². The van der Waals surface area contributed by atoms with Crippen LogP contribution in [0.3, 0.4) is 0 Å². The van der Waals surface area contributed by atoms with Gasteiger partial charge in [-0.05, 0) is 35.3 Å². The Labute approximate surface area is 102 Å². The molecule has 0 atom stereocenters. The summed E-state index contributed by atoms with van der Waals surface area (Å²) in [6.07, 6.45) is 4.51. The number of hydrogen-bond acceptors (Lipinski definition) is 3. The minimum atomic E-state index is 0.348. The van der Waals surface area contributed by atoms with Crippen molar-refractivity contribution in [3.8, 4) is 11.5 Å². The van der Waals surface area contributed by atoms with Gasteiger partial charge in [-0.3, -0.25) is 0 Å². The lowest BCUT2D eigenvalue weighted by Crippen LogP contribution is -2.17. The summed E-state index contributed by atoms with van der Waals surface area (Å²) in [5, 5.41) is 0. The molecule has 2 heterocycles. The number of rotatable bonds is 2. The number of hydrogen-bond donors (Lipinski definition) is 0. The van der Waals surface area contributed by atoms with Gasteiger partial charge in [-0.1, -0.05) is 13.3 Å². The van der Waals surface area contributed by atoms with Crippen LogP contribution in [-0.2, 0) is 6.54 Å². The molecule has 90 valence electrons. The molecule has 2 aliphatic rings. The van der Waals surface area contributed by atoms with E-state index in [1.807, 2.05) is 0 Å². The van der Waals surface area contributed by atoms with Gasteiger partial charge in [-0.2, -0.15) is 0 Å². The second kappa shape index (κ2) is 3.99. The molecule has 0 fully saturated rings. The smallest absolute Gasteiger partial charge is 0.231 e. The quantitative estimate of drug-likeness (QED) is 0.781. The second-order valence-corrected chi connectivity index (χ2v) is 4.68. The van der Waals surface area contributed by atoms with E-state index >= 15 is 0 Å². The van der Waals surface area contributed by atoms with Gasteiger partial charge < -0.3 is 14.4 Å². The van der Waals surface area contributed by atoms with Crippen LogP contribution in [0.15, 0.2) is 18.3 Å². The van der Waals surface area contributed by atoms with Crippen molar-refractivity contribution < 1.29 is 9.47 Å². The maximum absolute atomic E-state index is 5.45. The van der Waals surface area contributed by atoms with E-state index < -0.39 is 0 Å². The largest absolute Gasteiger partial charge is 0.454 e. The Bertz CT molecular complexity index is 479. The van der Waals surface area contributed by atoms with Crippen LogP contribution < -0.4 is 9.47 Å². The fraction of sp³-hybridized carbons (Fsp3) is 0.429. The molecule has 2 aliphatic heterocycles. The molecule has 0 unspecified atom stereocenters. The number of fused-ring (bicyclic) bond motifs is 2. The van der Waals surface area contributed by atoms with E-state index in [1.165, 1.54) is 16.7 Å². The standard InChI is InChI=1S/C14H17NO2/c1-3-4-10-7-15(2)8-11-5-13-14(6-12(10)11)17-9-16-13/h5-7H,3-4,8-9H2,1-2H3.